The van der Waals surface area contributed by atoms with E-state index < -0.39 is 6.16 Å². The third-order valence-electron chi connectivity index (χ3n) is 6.85. The van der Waals surface area contributed by atoms with Crippen molar-refractivity contribution >= 4 is 49.6 Å². The minimum atomic E-state index is -2.45. The van der Waals surface area contributed by atoms with Gasteiger partial charge in [0.15, 0.2) is 22.9 Å². The normalized spacial score (nSPS) is 16.4. The highest BCUT2D eigenvalue weighted by Gasteiger charge is 2.49. The van der Waals surface area contributed by atoms with E-state index in [1.165, 1.54) is 9.36 Å². The molecule has 4 aromatic carbocycles. The van der Waals surface area contributed by atoms with Crippen LogP contribution in [0.2, 0.25) is 0 Å². The molecule has 4 radical (unpaired) electrons. The Hall–Kier alpha value is -6.17. The van der Waals surface area contributed by atoms with Gasteiger partial charge in [0.05, 0.1) is 11.4 Å². The van der Waals surface area contributed by atoms with Crippen molar-refractivity contribution in [2.45, 2.75) is 6.16 Å². The van der Waals surface area contributed by atoms with Crippen LogP contribution in [0.25, 0.3) is 11.4 Å². The van der Waals surface area contributed by atoms with E-state index >= 15 is 0 Å². The van der Waals surface area contributed by atoms with Crippen LogP contribution in [-0.4, -0.2) is 41.4 Å². The average Bonchev–Trinajstić information content (AvgIpc) is 3.58. The second-order valence-electron chi connectivity index (χ2n) is 9.82. The SMILES string of the molecule is [B]c1nn(-c2ccccc2)c2c1N=Nc1ccccc1OC1(Oc3ccccc3N=Nc3c([B])nn(-c4ccccc4)c3O1)O2. The van der Waals surface area contributed by atoms with Gasteiger partial charge in [-0.25, -0.2) is 0 Å². The van der Waals surface area contributed by atoms with Crippen molar-refractivity contribution in [3.8, 4) is 34.6 Å². The number of hydrogen-bond acceptors (Lipinski definition) is 10. The second-order valence-corrected chi connectivity index (χ2v) is 9.82. The first kappa shape index (κ1) is 26.5. The molecule has 0 amide bonds. The van der Waals surface area contributed by atoms with E-state index in [1.807, 2.05) is 60.7 Å². The van der Waals surface area contributed by atoms with Gasteiger partial charge in [-0.15, -0.1) is 20.5 Å². The summed E-state index contributed by atoms with van der Waals surface area (Å²) in [6.07, 6.45) is -2.45. The number of aromatic nitrogens is 4. The maximum atomic E-state index is 6.65. The van der Waals surface area contributed by atoms with Gasteiger partial charge in [-0.3, -0.25) is 0 Å². The van der Waals surface area contributed by atoms with E-state index in [1.54, 1.807) is 48.5 Å². The Morgan fingerprint density at radius 3 is 1.31 bits per heavy atom. The molecule has 4 heterocycles. The lowest BCUT2D eigenvalue weighted by molar-refractivity contribution is -0.369. The quantitative estimate of drug-likeness (QED) is 0.252. The summed E-state index contributed by atoms with van der Waals surface area (Å²) in [6, 6.07) is 32.3. The van der Waals surface area contributed by atoms with E-state index in [4.69, 9.17) is 34.6 Å². The molecule has 12 nitrogen and oxygen atoms in total. The summed E-state index contributed by atoms with van der Waals surface area (Å²) in [5.41, 5.74) is 2.21. The van der Waals surface area contributed by atoms with Crippen molar-refractivity contribution in [2.75, 3.05) is 0 Å². The minimum absolute atomic E-state index is 0.0150. The zero-order valence-electron chi connectivity index (χ0n) is 23.3. The number of para-hydroxylation sites is 4. The maximum absolute atomic E-state index is 6.65. The van der Waals surface area contributed by atoms with Crippen molar-refractivity contribution in [3.05, 3.63) is 109 Å². The number of ether oxygens (including phenoxy) is 4. The van der Waals surface area contributed by atoms with Gasteiger partial charge in [-0.2, -0.15) is 19.6 Å². The summed E-state index contributed by atoms with van der Waals surface area (Å²) in [5.74, 6) is 0.465. The molecule has 0 aliphatic carbocycles. The van der Waals surface area contributed by atoms with E-state index in [9.17, 15) is 0 Å². The van der Waals surface area contributed by atoms with Crippen molar-refractivity contribution in [3.63, 3.8) is 0 Å². The van der Waals surface area contributed by atoms with Gasteiger partial charge in [0, 0.05) is 11.2 Å². The summed E-state index contributed by atoms with van der Waals surface area (Å²) in [4.78, 5) is 0. The van der Waals surface area contributed by atoms with Crippen LogP contribution in [-0.2, 0) is 0 Å². The molecule has 2 aliphatic rings. The molecule has 6 aromatic rings. The highest BCUT2D eigenvalue weighted by molar-refractivity contribution is 6.34. The summed E-state index contributed by atoms with van der Waals surface area (Å²) in [6.45, 7) is 0. The van der Waals surface area contributed by atoms with Crippen LogP contribution in [0.4, 0.5) is 22.7 Å². The van der Waals surface area contributed by atoms with E-state index in [0.29, 0.717) is 22.7 Å². The van der Waals surface area contributed by atoms with Crippen molar-refractivity contribution in [1.29, 1.82) is 0 Å². The molecular formula is C31H18B2N8O4. The zero-order chi connectivity index (χ0) is 30.4. The van der Waals surface area contributed by atoms with Crippen LogP contribution in [0, 0.1) is 0 Å². The molecule has 0 bridgehead atoms. The Labute approximate surface area is 258 Å². The summed E-state index contributed by atoms with van der Waals surface area (Å²) >= 11 is 0. The fourth-order valence-corrected chi connectivity index (χ4v) is 4.77. The smallest absolute Gasteiger partial charge is 0.384 e. The number of nitrogens with zero attached hydrogens (tertiary/aromatic N) is 8. The third kappa shape index (κ3) is 4.68. The Bertz CT molecular complexity index is 1960. The van der Waals surface area contributed by atoms with Crippen molar-refractivity contribution < 1.29 is 18.9 Å². The Morgan fingerprint density at radius 1 is 0.467 bits per heavy atom. The van der Waals surface area contributed by atoms with Gasteiger partial charge in [0.25, 0.3) is 11.8 Å². The molecule has 45 heavy (non-hydrogen) atoms. The number of fused-ring (bicyclic) bond motifs is 4. The standard InChI is InChI=1S/C31H18B2N8O4/c32-27-25-29(40(38-27)19-11-3-1-4-12-19)44-31(42-23-17-9-7-15-21(23)34-36-25)43-24-18-10-8-16-22(24)35-37-26-28(33)39-41(30(26)45-31)20-13-5-2-6-14-20/h1-18H. The molecule has 0 saturated carbocycles. The van der Waals surface area contributed by atoms with Crippen LogP contribution >= 0.6 is 0 Å². The Morgan fingerprint density at radius 2 is 0.867 bits per heavy atom. The number of rotatable bonds is 2. The summed E-state index contributed by atoms with van der Waals surface area (Å²) in [7, 11) is 12.8. The topological polar surface area (TPSA) is 122 Å². The average molecular weight is 588 g/mol. The molecule has 2 aliphatic heterocycles. The number of hydrogen-bond donors (Lipinski definition) is 0. The number of benzene rings is 4. The molecule has 0 saturated heterocycles. The van der Waals surface area contributed by atoms with E-state index in [-0.39, 0.29) is 45.8 Å². The predicted octanol–water partition coefficient (Wildman–Crippen LogP) is 5.33. The van der Waals surface area contributed by atoms with Gasteiger partial charge in [-0.1, -0.05) is 60.7 Å². The molecule has 8 rings (SSSR count). The highest BCUT2D eigenvalue weighted by Crippen LogP contribution is 2.44. The largest absolute Gasteiger partial charge is 0.613 e. The van der Waals surface area contributed by atoms with Crippen LogP contribution in [0.15, 0.2) is 130 Å². The molecule has 0 unspecified atom stereocenters. The van der Waals surface area contributed by atoms with Crippen molar-refractivity contribution in [2.24, 2.45) is 20.5 Å². The third-order valence-corrected chi connectivity index (χ3v) is 6.85. The monoisotopic (exact) mass is 588 g/mol. The molecule has 1 spiro atoms. The summed E-state index contributed by atoms with van der Waals surface area (Å²) < 4.78 is 29.3. The minimum Gasteiger partial charge on any atom is -0.384 e. The lowest BCUT2D eigenvalue weighted by atomic mass is 10.0. The first-order chi connectivity index (χ1) is 22.1. The lowest BCUT2D eigenvalue weighted by Gasteiger charge is -2.32. The molecule has 14 heteroatoms. The number of azo groups is 2. The molecule has 0 fully saturated rings. The van der Waals surface area contributed by atoms with Crippen molar-refractivity contribution in [1.82, 2.24) is 19.6 Å². The van der Waals surface area contributed by atoms with Crippen LogP contribution < -0.4 is 30.1 Å². The Balaban J connectivity index is 1.41. The van der Waals surface area contributed by atoms with E-state index in [2.05, 4.69) is 30.7 Å². The van der Waals surface area contributed by atoms with Gasteiger partial charge in [0.1, 0.15) is 27.1 Å². The fourth-order valence-electron chi connectivity index (χ4n) is 4.77. The lowest BCUT2D eigenvalue weighted by Crippen LogP contribution is -2.54. The van der Waals surface area contributed by atoms with Gasteiger partial charge in [0.2, 0.25) is 0 Å². The maximum Gasteiger partial charge on any atom is 0.613 e. The predicted molar refractivity (Wildman–Crippen MR) is 164 cm³/mol. The van der Waals surface area contributed by atoms with Crippen LogP contribution in [0.5, 0.6) is 23.3 Å². The fraction of sp³-hybridized carbons (Fsp3) is 0.0323. The highest BCUT2D eigenvalue weighted by atomic mass is 17.0. The van der Waals surface area contributed by atoms with E-state index in [0.717, 1.165) is 0 Å². The first-order valence-electron chi connectivity index (χ1n) is 13.7. The van der Waals surface area contributed by atoms with Gasteiger partial charge >= 0.3 is 6.16 Å². The molecular weight excluding hydrogens is 570 g/mol. The van der Waals surface area contributed by atoms with Gasteiger partial charge < -0.3 is 18.9 Å². The van der Waals surface area contributed by atoms with Gasteiger partial charge in [-0.05, 0) is 48.5 Å². The molecule has 2 aromatic heterocycles. The molecule has 0 N–H and O–H groups in total. The Kier molecular flexibility index (Phi) is 6.19. The molecule has 212 valence electrons. The second kappa shape index (κ2) is 10.5. The zero-order valence-corrected chi connectivity index (χ0v) is 23.3. The van der Waals surface area contributed by atoms with Crippen LogP contribution in [0.1, 0.15) is 0 Å². The van der Waals surface area contributed by atoms with Crippen LogP contribution in [0.3, 0.4) is 0 Å². The molecule has 0 atom stereocenters. The summed E-state index contributed by atoms with van der Waals surface area (Å²) in [5, 5.41) is 26.7. The first-order valence-corrected chi connectivity index (χ1v) is 13.7.